The third-order valence-electron chi connectivity index (χ3n) is 1.64. The van der Waals surface area contributed by atoms with Crippen molar-refractivity contribution in [3.8, 4) is 0 Å². The van der Waals surface area contributed by atoms with Gasteiger partial charge in [-0.1, -0.05) is 12.1 Å². The minimum atomic E-state index is -3.62. The lowest BCUT2D eigenvalue weighted by Crippen LogP contribution is -1.94. The molecule has 0 heterocycles. The van der Waals surface area contributed by atoms with E-state index in [1.807, 2.05) is 19.2 Å². The molecule has 1 aromatic carbocycles. The van der Waals surface area contributed by atoms with Crippen molar-refractivity contribution >= 4 is 31.5 Å². The van der Waals surface area contributed by atoms with Gasteiger partial charge in [0.05, 0.1) is 4.90 Å². The first-order valence-electron chi connectivity index (χ1n) is 3.55. The van der Waals surface area contributed by atoms with Crippen molar-refractivity contribution in [3.63, 3.8) is 0 Å². The summed E-state index contributed by atoms with van der Waals surface area (Å²) in [5.74, 6) is 0. The van der Waals surface area contributed by atoms with Crippen LogP contribution in [0.3, 0.4) is 0 Å². The van der Waals surface area contributed by atoms with Gasteiger partial charge < -0.3 is 0 Å². The number of hydrogen-bond donors (Lipinski definition) is 0. The van der Waals surface area contributed by atoms with Crippen LogP contribution in [0.1, 0.15) is 5.56 Å². The van der Waals surface area contributed by atoms with Gasteiger partial charge >= 0.3 is 0 Å². The van der Waals surface area contributed by atoms with Crippen LogP contribution in [-0.4, -0.2) is 14.7 Å². The minimum absolute atomic E-state index is 0.196. The summed E-state index contributed by atoms with van der Waals surface area (Å²) in [4.78, 5) is 0.916. The Balaban J connectivity index is 3.47. The molecular weight excluding hydrogens is 228 g/mol. The quantitative estimate of drug-likeness (QED) is 0.585. The highest BCUT2D eigenvalue weighted by atomic mass is 35.7. The van der Waals surface area contributed by atoms with Crippen molar-refractivity contribution in [1.29, 1.82) is 0 Å². The Morgan fingerprint density at radius 1 is 1.38 bits per heavy atom. The third kappa shape index (κ3) is 2.39. The van der Waals surface area contributed by atoms with Gasteiger partial charge in [-0.05, 0) is 24.8 Å². The smallest absolute Gasteiger partial charge is 0.207 e. The first kappa shape index (κ1) is 10.9. The first-order valence-corrected chi connectivity index (χ1v) is 7.08. The number of thioether (sulfide) groups is 1. The lowest BCUT2D eigenvalue weighted by molar-refractivity contribution is 0.607. The van der Waals surface area contributed by atoms with Crippen molar-refractivity contribution < 1.29 is 8.42 Å². The summed E-state index contributed by atoms with van der Waals surface area (Å²) in [5.41, 5.74) is 0.925. The fraction of sp³-hybridized carbons (Fsp3) is 0.250. The maximum Gasteiger partial charge on any atom is 0.262 e. The molecule has 0 amide bonds. The van der Waals surface area contributed by atoms with Gasteiger partial charge in [0, 0.05) is 15.6 Å². The number of benzene rings is 1. The molecule has 0 spiro atoms. The molecule has 0 aromatic heterocycles. The molecule has 2 nitrogen and oxygen atoms in total. The molecule has 5 heteroatoms. The second-order valence-corrected chi connectivity index (χ2v) is 5.90. The molecule has 0 aliphatic rings. The molecule has 0 bridgehead atoms. The Kier molecular flexibility index (Phi) is 3.27. The predicted molar refractivity (Wildman–Crippen MR) is 56.0 cm³/mol. The Morgan fingerprint density at radius 2 is 2.00 bits per heavy atom. The molecule has 13 heavy (non-hydrogen) atoms. The van der Waals surface area contributed by atoms with Gasteiger partial charge in [0.15, 0.2) is 0 Å². The van der Waals surface area contributed by atoms with E-state index >= 15 is 0 Å². The second kappa shape index (κ2) is 3.90. The average Bonchev–Trinajstić information content (AvgIpc) is 2.02. The molecule has 0 fully saturated rings. The predicted octanol–water partition coefficient (Wildman–Crippen LogP) is 2.64. The van der Waals surface area contributed by atoms with Crippen molar-refractivity contribution in [2.75, 3.05) is 6.26 Å². The highest BCUT2D eigenvalue weighted by molar-refractivity contribution is 8.14. The maximum absolute atomic E-state index is 11.1. The lowest BCUT2D eigenvalue weighted by atomic mass is 10.2. The van der Waals surface area contributed by atoms with Crippen molar-refractivity contribution in [3.05, 3.63) is 23.8 Å². The van der Waals surface area contributed by atoms with Crippen LogP contribution in [0.15, 0.2) is 28.0 Å². The molecule has 0 atom stereocenters. The summed E-state index contributed by atoms with van der Waals surface area (Å²) in [6.45, 7) is 1.86. The first-order chi connectivity index (χ1) is 5.96. The minimum Gasteiger partial charge on any atom is -0.207 e. The summed E-state index contributed by atoms with van der Waals surface area (Å²) in [6.07, 6.45) is 1.83. The normalized spacial score (nSPS) is 11.6. The molecule has 0 radical (unpaired) electrons. The van der Waals surface area contributed by atoms with Gasteiger partial charge in [-0.15, -0.1) is 11.8 Å². The number of hydrogen-bond acceptors (Lipinski definition) is 3. The lowest BCUT2D eigenvalue weighted by Gasteiger charge is -2.06. The fourth-order valence-electron chi connectivity index (χ4n) is 1.08. The summed E-state index contributed by atoms with van der Waals surface area (Å²) in [7, 11) is 1.66. The zero-order valence-corrected chi connectivity index (χ0v) is 9.63. The molecule has 0 aliphatic carbocycles. The van der Waals surface area contributed by atoms with Crippen LogP contribution in [0, 0.1) is 6.92 Å². The van der Waals surface area contributed by atoms with E-state index in [0.717, 1.165) is 10.5 Å². The standard InChI is InChI=1S/C8H9ClO2S2/c1-6-4-3-5-7(8(6)12-2)13(9,10)11/h3-5H,1-2H3. The van der Waals surface area contributed by atoms with E-state index in [1.165, 1.54) is 17.8 Å². The monoisotopic (exact) mass is 236 g/mol. The zero-order chi connectivity index (χ0) is 10.1. The van der Waals surface area contributed by atoms with Crippen LogP contribution in [-0.2, 0) is 9.05 Å². The topological polar surface area (TPSA) is 34.1 Å². The number of halogens is 1. The van der Waals surface area contributed by atoms with Crippen LogP contribution < -0.4 is 0 Å². The molecule has 0 saturated carbocycles. The molecule has 1 aromatic rings. The summed E-state index contributed by atoms with van der Waals surface area (Å²) >= 11 is 1.39. The Labute approximate surface area is 86.7 Å². The van der Waals surface area contributed by atoms with E-state index in [9.17, 15) is 8.42 Å². The van der Waals surface area contributed by atoms with Gasteiger partial charge in [-0.2, -0.15) is 0 Å². The molecule has 0 saturated heterocycles. The summed E-state index contributed by atoms with van der Waals surface area (Å²) in [5, 5.41) is 0. The second-order valence-electron chi connectivity index (χ2n) is 2.54. The fourth-order valence-corrected chi connectivity index (χ4v) is 3.46. The van der Waals surface area contributed by atoms with Gasteiger partial charge in [0.1, 0.15) is 0 Å². The van der Waals surface area contributed by atoms with Crippen molar-refractivity contribution in [2.45, 2.75) is 16.7 Å². The van der Waals surface area contributed by atoms with E-state index in [1.54, 1.807) is 6.07 Å². The van der Waals surface area contributed by atoms with Crippen LogP contribution in [0.4, 0.5) is 0 Å². The van der Waals surface area contributed by atoms with E-state index in [2.05, 4.69) is 0 Å². The van der Waals surface area contributed by atoms with Crippen LogP contribution in [0.25, 0.3) is 0 Å². The van der Waals surface area contributed by atoms with Crippen LogP contribution in [0.5, 0.6) is 0 Å². The van der Waals surface area contributed by atoms with Gasteiger partial charge in [-0.3, -0.25) is 0 Å². The zero-order valence-electron chi connectivity index (χ0n) is 7.24. The van der Waals surface area contributed by atoms with E-state index < -0.39 is 9.05 Å². The molecule has 0 N–H and O–H groups in total. The highest BCUT2D eigenvalue weighted by Gasteiger charge is 2.15. The van der Waals surface area contributed by atoms with Gasteiger partial charge in [0.2, 0.25) is 0 Å². The van der Waals surface area contributed by atoms with E-state index in [-0.39, 0.29) is 4.90 Å². The SMILES string of the molecule is CSc1c(C)cccc1S(=O)(=O)Cl. The van der Waals surface area contributed by atoms with E-state index in [0.29, 0.717) is 0 Å². The molecule has 72 valence electrons. The number of rotatable bonds is 2. The van der Waals surface area contributed by atoms with Crippen LogP contribution in [0.2, 0.25) is 0 Å². The van der Waals surface area contributed by atoms with Crippen molar-refractivity contribution in [1.82, 2.24) is 0 Å². The third-order valence-corrected chi connectivity index (χ3v) is 4.09. The molecule has 0 aliphatic heterocycles. The van der Waals surface area contributed by atoms with E-state index in [4.69, 9.17) is 10.7 Å². The molecule has 1 rings (SSSR count). The highest BCUT2D eigenvalue weighted by Crippen LogP contribution is 2.29. The Hall–Kier alpha value is -0.190. The largest absolute Gasteiger partial charge is 0.262 e. The average molecular weight is 237 g/mol. The van der Waals surface area contributed by atoms with Gasteiger partial charge in [0.25, 0.3) is 9.05 Å². The maximum atomic E-state index is 11.1. The molecular formula is C8H9ClO2S2. The van der Waals surface area contributed by atoms with Gasteiger partial charge in [-0.25, -0.2) is 8.42 Å². The Bertz CT molecular complexity index is 412. The number of aryl methyl sites for hydroxylation is 1. The van der Waals surface area contributed by atoms with Crippen molar-refractivity contribution in [2.24, 2.45) is 0 Å². The summed E-state index contributed by atoms with van der Waals surface area (Å²) < 4.78 is 22.2. The summed E-state index contributed by atoms with van der Waals surface area (Å²) in [6, 6.07) is 5.06. The Morgan fingerprint density at radius 3 is 2.38 bits per heavy atom. The molecule has 0 unspecified atom stereocenters. The van der Waals surface area contributed by atoms with Crippen LogP contribution >= 0.6 is 22.4 Å².